The van der Waals surface area contributed by atoms with Crippen LogP contribution in [0, 0.1) is 0 Å². The fraction of sp³-hybridized carbons (Fsp3) is 0.235. The summed E-state index contributed by atoms with van der Waals surface area (Å²) in [7, 11) is 0. The van der Waals surface area contributed by atoms with Gasteiger partial charge in [-0.15, -0.1) is 5.10 Å². The first-order chi connectivity index (χ1) is 12.9. The summed E-state index contributed by atoms with van der Waals surface area (Å²) in [4.78, 5) is 17.7. The molecule has 1 aliphatic rings. The maximum atomic E-state index is 4.70. The number of nitrogens with zero attached hydrogens (tertiary/aromatic N) is 7. The fourth-order valence-corrected chi connectivity index (χ4v) is 3.25. The smallest absolute Gasteiger partial charge is 0.245 e. The Kier molecular flexibility index (Phi) is 3.48. The molecule has 5 rings (SSSR count). The van der Waals surface area contributed by atoms with Crippen molar-refractivity contribution in [2.24, 2.45) is 0 Å². The third kappa shape index (κ3) is 2.53. The molecule has 1 fully saturated rings. The molecule has 0 radical (unpaired) electrons. The zero-order chi connectivity index (χ0) is 17.3. The molecule has 1 saturated heterocycles. The van der Waals surface area contributed by atoms with Gasteiger partial charge in [-0.3, -0.25) is 10.2 Å². The first kappa shape index (κ1) is 14.8. The van der Waals surface area contributed by atoms with E-state index in [2.05, 4.69) is 40.2 Å². The summed E-state index contributed by atoms with van der Waals surface area (Å²) in [6.45, 7) is 3.33. The number of aromatic amines is 2. The summed E-state index contributed by atoms with van der Waals surface area (Å²) in [5.74, 6) is 2.24. The lowest BCUT2D eigenvalue weighted by Crippen LogP contribution is -2.47. The van der Waals surface area contributed by atoms with E-state index in [0.717, 1.165) is 54.4 Å². The number of hydrogen-bond donors (Lipinski definition) is 2. The molecular weight excluding hydrogens is 330 g/mol. The van der Waals surface area contributed by atoms with Crippen molar-refractivity contribution in [1.29, 1.82) is 0 Å². The van der Waals surface area contributed by atoms with Crippen LogP contribution in [0.15, 0.2) is 42.9 Å². The number of anilines is 2. The summed E-state index contributed by atoms with van der Waals surface area (Å²) in [6, 6.07) is 7.83. The Hall–Kier alpha value is -3.49. The topological polar surface area (TPSA) is 103 Å². The molecule has 0 spiro atoms. The predicted molar refractivity (Wildman–Crippen MR) is 97.9 cm³/mol. The molecule has 4 aromatic rings. The van der Waals surface area contributed by atoms with Gasteiger partial charge in [0.25, 0.3) is 0 Å². The Morgan fingerprint density at radius 2 is 1.62 bits per heavy atom. The predicted octanol–water partition coefficient (Wildman–Crippen LogP) is 1.46. The van der Waals surface area contributed by atoms with Gasteiger partial charge in [0.1, 0.15) is 0 Å². The van der Waals surface area contributed by atoms with Gasteiger partial charge in [-0.05, 0) is 12.1 Å². The number of hydrogen-bond acceptors (Lipinski definition) is 7. The third-order valence-electron chi connectivity index (χ3n) is 4.61. The van der Waals surface area contributed by atoms with Crippen molar-refractivity contribution in [3.63, 3.8) is 0 Å². The second-order valence-electron chi connectivity index (χ2n) is 6.14. The van der Waals surface area contributed by atoms with Crippen LogP contribution in [0.3, 0.4) is 0 Å². The van der Waals surface area contributed by atoms with Crippen LogP contribution in [0.1, 0.15) is 0 Å². The number of H-pyrrole nitrogens is 2. The maximum Gasteiger partial charge on any atom is 0.245 e. The highest BCUT2D eigenvalue weighted by Gasteiger charge is 2.22. The average Bonchev–Trinajstić information content (AvgIpc) is 3.38. The summed E-state index contributed by atoms with van der Waals surface area (Å²) >= 11 is 0. The van der Waals surface area contributed by atoms with Gasteiger partial charge in [0, 0.05) is 49.5 Å². The molecule has 0 amide bonds. The molecule has 4 heterocycles. The van der Waals surface area contributed by atoms with Crippen molar-refractivity contribution < 1.29 is 0 Å². The van der Waals surface area contributed by atoms with Crippen LogP contribution >= 0.6 is 0 Å². The Bertz CT molecular complexity index is 1010. The van der Waals surface area contributed by atoms with E-state index in [9.17, 15) is 0 Å². The largest absolute Gasteiger partial charge is 0.337 e. The Labute approximate surface area is 149 Å². The van der Waals surface area contributed by atoms with Crippen LogP contribution in [0.2, 0.25) is 0 Å². The molecule has 0 atom stereocenters. The first-order valence-corrected chi connectivity index (χ1v) is 8.50. The van der Waals surface area contributed by atoms with E-state index in [4.69, 9.17) is 4.98 Å². The van der Waals surface area contributed by atoms with Gasteiger partial charge in [0.05, 0.1) is 11.7 Å². The quantitative estimate of drug-likeness (QED) is 0.578. The van der Waals surface area contributed by atoms with E-state index in [1.165, 1.54) is 0 Å². The zero-order valence-corrected chi connectivity index (χ0v) is 14.0. The molecule has 3 aromatic heterocycles. The summed E-state index contributed by atoms with van der Waals surface area (Å²) < 4.78 is 0. The molecule has 2 N–H and O–H groups in total. The lowest BCUT2D eigenvalue weighted by molar-refractivity contribution is 0.629. The average molecular weight is 347 g/mol. The second-order valence-corrected chi connectivity index (χ2v) is 6.14. The van der Waals surface area contributed by atoms with Crippen LogP contribution in [0.4, 0.5) is 11.9 Å². The highest BCUT2D eigenvalue weighted by atomic mass is 15.4. The molecule has 0 aliphatic carbocycles. The number of nitrogens with one attached hydrogen (secondary N) is 2. The van der Waals surface area contributed by atoms with Gasteiger partial charge >= 0.3 is 0 Å². The van der Waals surface area contributed by atoms with Gasteiger partial charge < -0.3 is 9.80 Å². The van der Waals surface area contributed by atoms with E-state index in [1.54, 1.807) is 12.4 Å². The highest BCUT2D eigenvalue weighted by Crippen LogP contribution is 2.26. The second kappa shape index (κ2) is 6.10. The molecule has 9 nitrogen and oxygen atoms in total. The van der Waals surface area contributed by atoms with E-state index in [1.807, 2.05) is 30.5 Å². The molecule has 0 unspecified atom stereocenters. The van der Waals surface area contributed by atoms with Crippen molar-refractivity contribution in [3.05, 3.63) is 42.9 Å². The third-order valence-corrected chi connectivity index (χ3v) is 4.61. The molecule has 0 bridgehead atoms. The van der Waals surface area contributed by atoms with Gasteiger partial charge in [-0.2, -0.15) is 10.1 Å². The van der Waals surface area contributed by atoms with Crippen molar-refractivity contribution in [2.75, 3.05) is 36.0 Å². The minimum Gasteiger partial charge on any atom is -0.337 e. The summed E-state index contributed by atoms with van der Waals surface area (Å²) in [5, 5.41) is 15.6. The molecule has 1 aromatic carbocycles. The maximum absolute atomic E-state index is 4.70. The molecule has 26 heavy (non-hydrogen) atoms. The monoisotopic (exact) mass is 347 g/mol. The summed E-state index contributed by atoms with van der Waals surface area (Å²) in [5.41, 5.74) is 1.98. The van der Waals surface area contributed by atoms with Crippen LogP contribution in [-0.4, -0.2) is 61.5 Å². The van der Waals surface area contributed by atoms with E-state index in [-0.39, 0.29) is 0 Å². The van der Waals surface area contributed by atoms with Gasteiger partial charge in [0.2, 0.25) is 11.9 Å². The van der Waals surface area contributed by atoms with Crippen molar-refractivity contribution in [2.45, 2.75) is 0 Å². The van der Waals surface area contributed by atoms with Gasteiger partial charge in [-0.25, -0.2) is 9.97 Å². The zero-order valence-electron chi connectivity index (χ0n) is 14.0. The minimum atomic E-state index is 0.717. The Morgan fingerprint density at radius 3 is 2.42 bits per heavy atom. The van der Waals surface area contributed by atoms with Gasteiger partial charge in [-0.1, -0.05) is 12.1 Å². The van der Waals surface area contributed by atoms with Crippen molar-refractivity contribution in [1.82, 2.24) is 35.3 Å². The van der Waals surface area contributed by atoms with E-state index in [0.29, 0.717) is 5.95 Å². The number of benzene rings is 1. The standard InChI is InChI=1S/C17H17N9/c1-3-12(13-11-20-22-14(13)4-1)15-21-17(24-23-15)26-9-7-25(8-10-26)16-18-5-2-6-19-16/h1-6,11H,7-10H2,(H,20,22)(H,21,23,24). The lowest BCUT2D eigenvalue weighted by atomic mass is 10.1. The normalized spacial score (nSPS) is 14.9. The number of piperazine rings is 1. The van der Waals surface area contributed by atoms with Crippen LogP contribution < -0.4 is 9.80 Å². The van der Waals surface area contributed by atoms with Crippen LogP contribution in [0.25, 0.3) is 22.3 Å². The van der Waals surface area contributed by atoms with E-state index >= 15 is 0 Å². The highest BCUT2D eigenvalue weighted by molar-refractivity contribution is 5.92. The molecule has 9 heteroatoms. The SMILES string of the molecule is c1cnc(N2CCN(c3n[nH]c(-c4cccc5[nH]ncc45)n3)CC2)nc1. The van der Waals surface area contributed by atoms with Crippen LogP contribution in [0.5, 0.6) is 0 Å². The Balaban J connectivity index is 1.34. The number of rotatable bonds is 3. The van der Waals surface area contributed by atoms with Crippen molar-refractivity contribution >= 4 is 22.8 Å². The Morgan fingerprint density at radius 1 is 0.846 bits per heavy atom. The fourth-order valence-electron chi connectivity index (χ4n) is 3.25. The lowest BCUT2D eigenvalue weighted by Gasteiger charge is -2.33. The molecule has 1 aliphatic heterocycles. The molecule has 130 valence electrons. The van der Waals surface area contributed by atoms with E-state index < -0.39 is 0 Å². The molecular formula is C17H17N9. The van der Waals surface area contributed by atoms with Gasteiger partial charge in [0.15, 0.2) is 5.82 Å². The minimum absolute atomic E-state index is 0.717. The molecule has 0 saturated carbocycles. The number of fused-ring (bicyclic) bond motifs is 1. The van der Waals surface area contributed by atoms with Crippen molar-refractivity contribution in [3.8, 4) is 11.4 Å². The summed E-state index contributed by atoms with van der Waals surface area (Å²) in [6.07, 6.45) is 5.35. The number of aromatic nitrogens is 7. The van der Waals surface area contributed by atoms with Crippen LogP contribution in [-0.2, 0) is 0 Å². The first-order valence-electron chi connectivity index (χ1n) is 8.50.